The van der Waals surface area contributed by atoms with Gasteiger partial charge in [-0.05, 0) is 30.3 Å². The van der Waals surface area contributed by atoms with Crippen molar-refractivity contribution < 1.29 is 15.0 Å². The van der Waals surface area contributed by atoms with E-state index < -0.39 is 5.97 Å². The summed E-state index contributed by atoms with van der Waals surface area (Å²) in [5.41, 5.74) is 3.65. The SMILES string of the molecule is CC(CO)c1cc2cc(-c3cc(C(=O)O)ccn3)ccc2[nH]1. The highest BCUT2D eigenvalue weighted by Crippen LogP contribution is 2.26. The Labute approximate surface area is 127 Å². The molecule has 1 atom stereocenters. The van der Waals surface area contributed by atoms with Gasteiger partial charge in [-0.1, -0.05) is 13.0 Å². The molecule has 0 aliphatic heterocycles. The van der Waals surface area contributed by atoms with Gasteiger partial charge in [-0.2, -0.15) is 0 Å². The van der Waals surface area contributed by atoms with E-state index in [0.717, 1.165) is 22.2 Å². The molecule has 5 heteroatoms. The zero-order chi connectivity index (χ0) is 15.7. The van der Waals surface area contributed by atoms with E-state index in [2.05, 4.69) is 9.97 Å². The first kappa shape index (κ1) is 14.3. The summed E-state index contributed by atoms with van der Waals surface area (Å²) in [6, 6.07) is 10.8. The lowest BCUT2D eigenvalue weighted by molar-refractivity contribution is 0.0697. The van der Waals surface area contributed by atoms with Gasteiger partial charge in [0.1, 0.15) is 0 Å². The lowest BCUT2D eigenvalue weighted by Crippen LogP contribution is -1.98. The second-order valence-electron chi connectivity index (χ2n) is 5.35. The summed E-state index contributed by atoms with van der Waals surface area (Å²) in [5, 5.41) is 19.3. The maximum atomic E-state index is 11.1. The van der Waals surface area contributed by atoms with Crippen LogP contribution >= 0.6 is 0 Å². The molecule has 2 heterocycles. The quantitative estimate of drug-likeness (QED) is 0.690. The Kier molecular flexibility index (Phi) is 3.65. The largest absolute Gasteiger partial charge is 0.478 e. The number of aliphatic hydroxyl groups excluding tert-OH is 1. The number of aliphatic hydroxyl groups is 1. The van der Waals surface area contributed by atoms with Crippen LogP contribution in [0.3, 0.4) is 0 Å². The summed E-state index contributed by atoms with van der Waals surface area (Å²) in [7, 11) is 0. The predicted octanol–water partition coefficient (Wildman–Crippen LogP) is 3.02. The van der Waals surface area contributed by atoms with Crippen LogP contribution in [0, 0.1) is 0 Å². The summed E-state index contributed by atoms with van der Waals surface area (Å²) in [6.07, 6.45) is 1.50. The monoisotopic (exact) mass is 296 g/mol. The van der Waals surface area contributed by atoms with Gasteiger partial charge in [-0.15, -0.1) is 0 Å². The van der Waals surface area contributed by atoms with Crippen LogP contribution in [0.15, 0.2) is 42.6 Å². The maximum absolute atomic E-state index is 11.1. The van der Waals surface area contributed by atoms with E-state index in [9.17, 15) is 9.90 Å². The molecular weight excluding hydrogens is 280 g/mol. The standard InChI is InChI=1S/C17H16N2O3/c1-10(9-20)15-8-13-6-11(2-3-14(13)19-15)16-7-12(17(21)22)4-5-18-16/h2-8,10,19-20H,9H2,1H3,(H,21,22). The van der Waals surface area contributed by atoms with Crippen molar-refractivity contribution in [2.75, 3.05) is 6.61 Å². The number of carboxylic acids is 1. The number of rotatable bonds is 4. The van der Waals surface area contributed by atoms with Crippen molar-refractivity contribution in [2.24, 2.45) is 0 Å². The first-order valence-corrected chi connectivity index (χ1v) is 7.01. The van der Waals surface area contributed by atoms with Crippen LogP contribution in [0.1, 0.15) is 28.9 Å². The molecule has 0 fully saturated rings. The van der Waals surface area contributed by atoms with Crippen molar-refractivity contribution in [3.05, 3.63) is 53.9 Å². The van der Waals surface area contributed by atoms with Gasteiger partial charge < -0.3 is 15.2 Å². The van der Waals surface area contributed by atoms with Gasteiger partial charge >= 0.3 is 5.97 Å². The van der Waals surface area contributed by atoms with Gasteiger partial charge in [0.05, 0.1) is 17.9 Å². The first-order valence-electron chi connectivity index (χ1n) is 7.01. The molecule has 0 saturated heterocycles. The van der Waals surface area contributed by atoms with Crippen molar-refractivity contribution >= 4 is 16.9 Å². The molecule has 2 aromatic heterocycles. The number of hydrogen-bond acceptors (Lipinski definition) is 3. The molecule has 112 valence electrons. The number of H-pyrrole nitrogens is 1. The van der Waals surface area contributed by atoms with Gasteiger partial charge in [-0.25, -0.2) is 4.79 Å². The van der Waals surface area contributed by atoms with E-state index in [-0.39, 0.29) is 18.1 Å². The second kappa shape index (κ2) is 5.61. The van der Waals surface area contributed by atoms with Crippen LogP contribution in [-0.2, 0) is 0 Å². The number of carboxylic acid groups (broad SMARTS) is 1. The van der Waals surface area contributed by atoms with Gasteiger partial charge in [0.2, 0.25) is 0 Å². The van der Waals surface area contributed by atoms with Gasteiger partial charge in [0, 0.05) is 34.3 Å². The number of aromatic amines is 1. The average molecular weight is 296 g/mol. The van der Waals surface area contributed by atoms with Crippen LogP contribution in [0.25, 0.3) is 22.2 Å². The third-order valence-corrected chi connectivity index (χ3v) is 3.75. The smallest absolute Gasteiger partial charge is 0.335 e. The summed E-state index contributed by atoms with van der Waals surface area (Å²) >= 11 is 0. The van der Waals surface area contributed by atoms with E-state index >= 15 is 0 Å². The third-order valence-electron chi connectivity index (χ3n) is 3.75. The Morgan fingerprint density at radius 3 is 2.82 bits per heavy atom. The van der Waals surface area contributed by atoms with E-state index in [1.807, 2.05) is 31.2 Å². The zero-order valence-electron chi connectivity index (χ0n) is 12.1. The fourth-order valence-electron chi connectivity index (χ4n) is 2.40. The number of nitrogens with one attached hydrogen (secondary N) is 1. The van der Waals surface area contributed by atoms with Gasteiger partial charge in [0.15, 0.2) is 0 Å². The van der Waals surface area contributed by atoms with Crippen molar-refractivity contribution in [3.8, 4) is 11.3 Å². The molecule has 0 bridgehead atoms. The number of nitrogens with zero attached hydrogens (tertiary/aromatic N) is 1. The topological polar surface area (TPSA) is 86.2 Å². The number of hydrogen-bond donors (Lipinski definition) is 3. The molecule has 0 saturated carbocycles. The minimum atomic E-state index is -0.967. The molecule has 1 aromatic carbocycles. The molecule has 0 aliphatic rings. The van der Waals surface area contributed by atoms with E-state index in [0.29, 0.717) is 5.69 Å². The Morgan fingerprint density at radius 2 is 2.09 bits per heavy atom. The number of benzene rings is 1. The Morgan fingerprint density at radius 1 is 1.27 bits per heavy atom. The summed E-state index contributed by atoms with van der Waals surface area (Å²) in [6.45, 7) is 2.03. The number of aromatic nitrogens is 2. The molecular formula is C17H16N2O3. The van der Waals surface area contributed by atoms with Crippen molar-refractivity contribution in [2.45, 2.75) is 12.8 Å². The predicted molar refractivity (Wildman–Crippen MR) is 84.0 cm³/mol. The molecule has 5 nitrogen and oxygen atoms in total. The molecule has 0 amide bonds. The van der Waals surface area contributed by atoms with Crippen molar-refractivity contribution in [1.82, 2.24) is 9.97 Å². The van der Waals surface area contributed by atoms with Crippen molar-refractivity contribution in [3.63, 3.8) is 0 Å². The number of aromatic carboxylic acids is 1. The highest BCUT2D eigenvalue weighted by atomic mass is 16.4. The molecule has 0 spiro atoms. The summed E-state index contributed by atoms with van der Waals surface area (Å²) < 4.78 is 0. The molecule has 0 aliphatic carbocycles. The van der Waals surface area contributed by atoms with Gasteiger partial charge in [0.25, 0.3) is 0 Å². The molecule has 1 unspecified atom stereocenters. The first-order chi connectivity index (χ1) is 10.6. The Balaban J connectivity index is 2.04. The maximum Gasteiger partial charge on any atom is 0.335 e. The van der Waals surface area contributed by atoms with E-state index in [4.69, 9.17) is 5.11 Å². The summed E-state index contributed by atoms with van der Waals surface area (Å²) in [4.78, 5) is 18.6. The van der Waals surface area contributed by atoms with Crippen LogP contribution in [0.2, 0.25) is 0 Å². The third kappa shape index (κ3) is 2.58. The zero-order valence-corrected chi connectivity index (χ0v) is 12.1. The second-order valence-corrected chi connectivity index (χ2v) is 5.35. The lowest BCUT2D eigenvalue weighted by atomic mass is 10.1. The minimum Gasteiger partial charge on any atom is -0.478 e. The average Bonchev–Trinajstić information content (AvgIpc) is 2.97. The summed E-state index contributed by atoms with van der Waals surface area (Å²) in [5.74, 6) is -0.922. The van der Waals surface area contributed by atoms with Crippen LogP contribution in [0.5, 0.6) is 0 Å². The van der Waals surface area contributed by atoms with Crippen molar-refractivity contribution in [1.29, 1.82) is 0 Å². The van der Waals surface area contributed by atoms with Crippen LogP contribution < -0.4 is 0 Å². The van der Waals surface area contributed by atoms with E-state index in [1.165, 1.54) is 12.3 Å². The fraction of sp³-hybridized carbons (Fsp3) is 0.176. The highest BCUT2D eigenvalue weighted by molar-refractivity contribution is 5.90. The lowest BCUT2D eigenvalue weighted by Gasteiger charge is -2.02. The highest BCUT2D eigenvalue weighted by Gasteiger charge is 2.10. The van der Waals surface area contributed by atoms with Gasteiger partial charge in [-0.3, -0.25) is 4.98 Å². The van der Waals surface area contributed by atoms with Crippen LogP contribution in [0.4, 0.5) is 0 Å². The Bertz CT molecular complexity index is 839. The van der Waals surface area contributed by atoms with Crippen LogP contribution in [-0.4, -0.2) is 32.8 Å². The number of pyridine rings is 1. The normalized spacial score (nSPS) is 12.5. The number of carbonyl (C=O) groups is 1. The van der Waals surface area contributed by atoms with E-state index in [1.54, 1.807) is 6.07 Å². The minimum absolute atomic E-state index is 0.0457. The Hall–Kier alpha value is -2.66. The molecule has 3 N–H and O–H groups in total. The fourth-order valence-corrected chi connectivity index (χ4v) is 2.40. The molecule has 22 heavy (non-hydrogen) atoms. The molecule has 3 rings (SSSR count). The molecule has 3 aromatic rings. The molecule has 0 radical (unpaired) electrons. The number of fused-ring (bicyclic) bond motifs is 1.